The zero-order valence-corrected chi connectivity index (χ0v) is 12.1. The minimum Gasteiger partial charge on any atom is -0.461 e. The van der Waals surface area contributed by atoms with Crippen molar-refractivity contribution >= 4 is 17.7 Å². The van der Waals surface area contributed by atoms with Crippen molar-refractivity contribution in [3.63, 3.8) is 0 Å². The molecule has 0 spiro atoms. The Kier molecular flexibility index (Phi) is 3.94. The Hall–Kier alpha value is -1.76. The van der Waals surface area contributed by atoms with Gasteiger partial charge in [0.1, 0.15) is 0 Å². The number of aromatic nitrogens is 3. The Morgan fingerprint density at radius 3 is 2.79 bits per heavy atom. The number of nitrogens with zero attached hydrogens (tertiary/aromatic N) is 4. The van der Waals surface area contributed by atoms with Crippen LogP contribution < -0.4 is 0 Å². The van der Waals surface area contributed by atoms with Crippen LogP contribution in [0.1, 0.15) is 6.92 Å². The van der Waals surface area contributed by atoms with Gasteiger partial charge in [-0.25, -0.2) is 0 Å². The maximum atomic E-state index is 11.8. The Morgan fingerprint density at radius 1 is 1.47 bits per heavy atom. The standard InChI is InChI=1S/C12H16N4O2S/c1-8(11(17)15(2)3)19-12-14-13-10(16(12)4)9-6-5-7-18-9/h5-8H,1-4H3/t8-/m1/s1. The van der Waals surface area contributed by atoms with Crippen molar-refractivity contribution in [2.75, 3.05) is 14.1 Å². The summed E-state index contributed by atoms with van der Waals surface area (Å²) in [7, 11) is 5.34. The highest BCUT2D eigenvalue weighted by Crippen LogP contribution is 2.26. The van der Waals surface area contributed by atoms with Gasteiger partial charge in [0, 0.05) is 21.1 Å². The van der Waals surface area contributed by atoms with Crippen molar-refractivity contribution in [3.05, 3.63) is 18.4 Å². The van der Waals surface area contributed by atoms with Crippen LogP contribution in [0.25, 0.3) is 11.6 Å². The second-order valence-electron chi connectivity index (χ2n) is 4.34. The number of amides is 1. The zero-order valence-electron chi connectivity index (χ0n) is 11.3. The number of carbonyl (C=O) groups is 1. The van der Waals surface area contributed by atoms with Gasteiger partial charge in [0.05, 0.1) is 11.5 Å². The largest absolute Gasteiger partial charge is 0.461 e. The normalized spacial score (nSPS) is 12.4. The maximum absolute atomic E-state index is 11.8. The van der Waals surface area contributed by atoms with Crippen molar-refractivity contribution in [1.29, 1.82) is 0 Å². The van der Waals surface area contributed by atoms with E-state index in [0.29, 0.717) is 16.7 Å². The molecule has 2 rings (SSSR count). The fourth-order valence-electron chi connectivity index (χ4n) is 1.61. The molecule has 2 aromatic heterocycles. The molecule has 2 heterocycles. The minimum absolute atomic E-state index is 0.0487. The summed E-state index contributed by atoms with van der Waals surface area (Å²) in [6.45, 7) is 1.86. The topological polar surface area (TPSA) is 64.2 Å². The van der Waals surface area contributed by atoms with Gasteiger partial charge in [-0.15, -0.1) is 10.2 Å². The molecule has 7 heteroatoms. The number of hydrogen-bond acceptors (Lipinski definition) is 5. The number of hydrogen-bond donors (Lipinski definition) is 0. The van der Waals surface area contributed by atoms with Crippen molar-refractivity contribution in [2.24, 2.45) is 7.05 Å². The summed E-state index contributed by atoms with van der Waals surface area (Å²) in [5.41, 5.74) is 0. The number of carbonyl (C=O) groups excluding carboxylic acids is 1. The van der Waals surface area contributed by atoms with Crippen LogP contribution in [-0.2, 0) is 11.8 Å². The first kappa shape index (κ1) is 13.7. The van der Waals surface area contributed by atoms with Gasteiger partial charge < -0.3 is 13.9 Å². The molecule has 6 nitrogen and oxygen atoms in total. The van der Waals surface area contributed by atoms with E-state index in [1.165, 1.54) is 11.8 Å². The molecule has 0 aliphatic heterocycles. The van der Waals surface area contributed by atoms with Gasteiger partial charge >= 0.3 is 0 Å². The molecule has 2 aromatic rings. The Labute approximate surface area is 115 Å². The molecule has 1 atom stereocenters. The van der Waals surface area contributed by atoms with Crippen LogP contribution in [0.4, 0.5) is 0 Å². The Balaban J connectivity index is 2.17. The van der Waals surface area contributed by atoms with Crippen molar-refractivity contribution < 1.29 is 9.21 Å². The molecule has 0 aromatic carbocycles. The number of thioether (sulfide) groups is 1. The van der Waals surface area contributed by atoms with Gasteiger partial charge in [-0.1, -0.05) is 11.8 Å². The maximum Gasteiger partial charge on any atom is 0.235 e. The van der Waals surface area contributed by atoms with Gasteiger partial charge in [-0.3, -0.25) is 4.79 Å². The third-order valence-corrected chi connectivity index (χ3v) is 3.77. The summed E-state index contributed by atoms with van der Waals surface area (Å²) < 4.78 is 7.12. The highest BCUT2D eigenvalue weighted by atomic mass is 32.2. The van der Waals surface area contributed by atoms with Crippen LogP contribution in [0.3, 0.4) is 0 Å². The molecule has 0 saturated carbocycles. The first-order valence-electron chi connectivity index (χ1n) is 5.81. The Bertz CT molecular complexity index is 562. The van der Waals surface area contributed by atoms with Crippen LogP contribution in [0.5, 0.6) is 0 Å². The van der Waals surface area contributed by atoms with Gasteiger partial charge in [0.25, 0.3) is 0 Å². The van der Waals surface area contributed by atoms with Crippen molar-refractivity contribution in [1.82, 2.24) is 19.7 Å². The lowest BCUT2D eigenvalue weighted by Crippen LogP contribution is -2.29. The molecule has 19 heavy (non-hydrogen) atoms. The third-order valence-electron chi connectivity index (χ3n) is 2.65. The summed E-state index contributed by atoms with van der Waals surface area (Å²) in [4.78, 5) is 13.4. The van der Waals surface area contributed by atoms with E-state index in [-0.39, 0.29) is 11.2 Å². The number of rotatable bonds is 4. The van der Waals surface area contributed by atoms with Crippen molar-refractivity contribution in [3.8, 4) is 11.6 Å². The lowest BCUT2D eigenvalue weighted by Gasteiger charge is -2.15. The second-order valence-corrected chi connectivity index (χ2v) is 5.64. The van der Waals surface area contributed by atoms with Crippen LogP contribution in [0.2, 0.25) is 0 Å². The van der Waals surface area contributed by atoms with Gasteiger partial charge in [-0.05, 0) is 19.1 Å². The van der Waals surface area contributed by atoms with E-state index in [2.05, 4.69) is 10.2 Å². The van der Waals surface area contributed by atoms with Gasteiger partial charge in [0.2, 0.25) is 5.91 Å². The highest BCUT2D eigenvalue weighted by molar-refractivity contribution is 8.00. The number of furan rings is 1. The predicted octanol–water partition coefficient (Wildman–Crippen LogP) is 1.64. The molecule has 0 fully saturated rings. The average molecular weight is 280 g/mol. The lowest BCUT2D eigenvalue weighted by molar-refractivity contribution is -0.127. The molecule has 1 amide bonds. The second kappa shape index (κ2) is 5.48. The van der Waals surface area contributed by atoms with Gasteiger partial charge in [0.15, 0.2) is 16.7 Å². The quantitative estimate of drug-likeness (QED) is 0.797. The molecule has 0 radical (unpaired) electrons. The first-order chi connectivity index (χ1) is 9.00. The summed E-state index contributed by atoms with van der Waals surface area (Å²) in [6.07, 6.45) is 1.59. The van der Waals surface area contributed by atoms with E-state index >= 15 is 0 Å². The smallest absolute Gasteiger partial charge is 0.235 e. The monoisotopic (exact) mass is 280 g/mol. The third kappa shape index (κ3) is 2.81. The van der Waals surface area contributed by atoms with Gasteiger partial charge in [-0.2, -0.15) is 0 Å². The molecule has 0 bridgehead atoms. The van der Waals surface area contributed by atoms with Crippen LogP contribution in [-0.4, -0.2) is 44.9 Å². The minimum atomic E-state index is -0.206. The van der Waals surface area contributed by atoms with E-state index in [9.17, 15) is 4.79 Å². The molecular weight excluding hydrogens is 264 g/mol. The first-order valence-corrected chi connectivity index (χ1v) is 6.69. The molecule has 0 aliphatic rings. The van der Waals surface area contributed by atoms with E-state index < -0.39 is 0 Å². The molecule has 0 unspecified atom stereocenters. The van der Waals surface area contributed by atoms with E-state index in [0.717, 1.165) is 0 Å². The molecule has 102 valence electrons. The lowest BCUT2D eigenvalue weighted by atomic mass is 10.4. The van der Waals surface area contributed by atoms with E-state index in [4.69, 9.17) is 4.42 Å². The fourth-order valence-corrected chi connectivity index (χ4v) is 2.57. The molecule has 0 N–H and O–H groups in total. The molecule has 0 aliphatic carbocycles. The van der Waals surface area contributed by atoms with Crippen molar-refractivity contribution in [2.45, 2.75) is 17.3 Å². The summed E-state index contributed by atoms with van der Waals surface area (Å²) >= 11 is 1.38. The summed E-state index contributed by atoms with van der Waals surface area (Å²) in [5, 5.41) is 8.67. The fraction of sp³-hybridized carbons (Fsp3) is 0.417. The van der Waals surface area contributed by atoms with Crippen LogP contribution in [0, 0.1) is 0 Å². The highest BCUT2D eigenvalue weighted by Gasteiger charge is 2.20. The summed E-state index contributed by atoms with van der Waals surface area (Å²) in [5.74, 6) is 1.36. The Morgan fingerprint density at radius 2 is 2.21 bits per heavy atom. The van der Waals surface area contributed by atoms with E-state index in [1.807, 2.05) is 24.6 Å². The molecule has 0 saturated heterocycles. The SMILES string of the molecule is C[C@@H](Sc1nnc(-c2ccco2)n1C)C(=O)N(C)C. The van der Waals surface area contributed by atoms with Crippen LogP contribution in [0.15, 0.2) is 28.0 Å². The zero-order chi connectivity index (χ0) is 14.0. The average Bonchev–Trinajstić information content (AvgIpc) is 2.99. The van der Waals surface area contributed by atoms with E-state index in [1.54, 1.807) is 31.3 Å². The molecular formula is C12H16N4O2S. The predicted molar refractivity (Wildman–Crippen MR) is 72.7 cm³/mol. The summed E-state index contributed by atoms with van der Waals surface area (Å²) in [6, 6.07) is 3.63. The van der Waals surface area contributed by atoms with Crippen LogP contribution >= 0.6 is 11.8 Å².